The van der Waals surface area contributed by atoms with E-state index in [-0.39, 0.29) is 6.61 Å². The second-order valence-electron chi connectivity index (χ2n) is 8.87. The largest absolute Gasteiger partial charge is 0.497 e. The fourth-order valence-corrected chi connectivity index (χ4v) is 3.23. The Balaban J connectivity index is 0.000000247. The van der Waals surface area contributed by atoms with Crippen LogP contribution in [0.3, 0.4) is 0 Å². The van der Waals surface area contributed by atoms with Crippen LogP contribution in [0.15, 0.2) is 72.8 Å². The van der Waals surface area contributed by atoms with Crippen molar-refractivity contribution in [2.24, 2.45) is 0 Å². The molecule has 3 nitrogen and oxygen atoms in total. The molecule has 0 saturated carbocycles. The van der Waals surface area contributed by atoms with Crippen molar-refractivity contribution in [3.8, 4) is 11.5 Å². The minimum Gasteiger partial charge on any atom is -0.497 e. The van der Waals surface area contributed by atoms with Gasteiger partial charge in [-0.15, -0.1) is 0 Å². The lowest BCUT2D eigenvalue weighted by molar-refractivity contribution is 0.280. The lowest BCUT2D eigenvalue weighted by Crippen LogP contribution is -1.94. The average molecular weight is 451 g/mol. The Bertz CT molecular complexity index is 912. The topological polar surface area (TPSA) is 38.7 Å². The van der Waals surface area contributed by atoms with E-state index in [2.05, 4.69) is 71.9 Å². The van der Waals surface area contributed by atoms with Gasteiger partial charge in [-0.05, 0) is 64.3 Å². The highest BCUT2D eigenvalue weighted by Crippen LogP contribution is 2.20. The second kappa shape index (κ2) is 15.1. The SMILES string of the molecule is CC(C)c1ccccc1CO.COc1ccc(C(C)C)cc1.COc1cccc(C(C)C)c1. The van der Waals surface area contributed by atoms with Crippen LogP contribution in [0.4, 0.5) is 0 Å². The van der Waals surface area contributed by atoms with Crippen LogP contribution < -0.4 is 9.47 Å². The van der Waals surface area contributed by atoms with E-state index in [0.717, 1.165) is 17.1 Å². The second-order valence-corrected chi connectivity index (χ2v) is 8.87. The fraction of sp³-hybridized carbons (Fsp3) is 0.400. The zero-order chi connectivity index (χ0) is 24.8. The van der Waals surface area contributed by atoms with Crippen molar-refractivity contribution in [1.82, 2.24) is 0 Å². The van der Waals surface area contributed by atoms with Crippen molar-refractivity contribution in [1.29, 1.82) is 0 Å². The highest BCUT2D eigenvalue weighted by atomic mass is 16.5. The van der Waals surface area contributed by atoms with Crippen molar-refractivity contribution in [2.45, 2.75) is 65.9 Å². The number of aliphatic hydroxyl groups is 1. The van der Waals surface area contributed by atoms with Crippen molar-refractivity contribution < 1.29 is 14.6 Å². The van der Waals surface area contributed by atoms with Crippen LogP contribution in [0.25, 0.3) is 0 Å². The summed E-state index contributed by atoms with van der Waals surface area (Å²) in [6.45, 7) is 13.1. The highest BCUT2D eigenvalue weighted by Gasteiger charge is 2.03. The van der Waals surface area contributed by atoms with Gasteiger partial charge in [0.1, 0.15) is 11.5 Å². The predicted molar refractivity (Wildman–Crippen MR) is 141 cm³/mol. The number of aliphatic hydroxyl groups excluding tert-OH is 1. The van der Waals surface area contributed by atoms with E-state index in [1.54, 1.807) is 14.2 Å². The van der Waals surface area contributed by atoms with E-state index in [4.69, 9.17) is 14.6 Å². The Morgan fingerprint density at radius 3 is 1.64 bits per heavy atom. The van der Waals surface area contributed by atoms with E-state index >= 15 is 0 Å². The normalized spacial score (nSPS) is 10.3. The average Bonchev–Trinajstić information content (AvgIpc) is 2.84. The number of ether oxygens (including phenoxy) is 2. The molecular formula is C30H42O3. The van der Waals surface area contributed by atoms with Crippen LogP contribution >= 0.6 is 0 Å². The Labute approximate surface area is 201 Å². The van der Waals surface area contributed by atoms with E-state index in [9.17, 15) is 0 Å². The summed E-state index contributed by atoms with van der Waals surface area (Å²) in [7, 11) is 3.38. The molecule has 1 N–H and O–H groups in total. The molecule has 3 heteroatoms. The first-order valence-electron chi connectivity index (χ1n) is 11.7. The van der Waals surface area contributed by atoms with Gasteiger partial charge in [0.15, 0.2) is 0 Å². The third-order valence-corrected chi connectivity index (χ3v) is 5.39. The summed E-state index contributed by atoms with van der Waals surface area (Å²) in [5, 5.41) is 8.97. The summed E-state index contributed by atoms with van der Waals surface area (Å²) >= 11 is 0. The zero-order valence-electron chi connectivity index (χ0n) is 21.6. The Morgan fingerprint density at radius 1 is 0.606 bits per heavy atom. The zero-order valence-corrected chi connectivity index (χ0v) is 21.6. The van der Waals surface area contributed by atoms with Gasteiger partial charge >= 0.3 is 0 Å². The lowest BCUT2D eigenvalue weighted by atomic mass is 9.98. The molecule has 33 heavy (non-hydrogen) atoms. The smallest absolute Gasteiger partial charge is 0.119 e. The number of methoxy groups -OCH3 is 2. The van der Waals surface area contributed by atoms with E-state index in [1.807, 2.05) is 42.5 Å². The van der Waals surface area contributed by atoms with Crippen molar-refractivity contribution >= 4 is 0 Å². The highest BCUT2D eigenvalue weighted by molar-refractivity contribution is 5.30. The van der Waals surface area contributed by atoms with Gasteiger partial charge in [-0.1, -0.05) is 90.1 Å². The molecule has 3 aromatic rings. The number of rotatable bonds is 6. The van der Waals surface area contributed by atoms with Crippen LogP contribution in [0, 0.1) is 0 Å². The van der Waals surface area contributed by atoms with Gasteiger partial charge in [0, 0.05) is 0 Å². The molecule has 0 atom stereocenters. The molecule has 0 amide bonds. The molecule has 3 aromatic carbocycles. The Morgan fingerprint density at radius 2 is 1.18 bits per heavy atom. The van der Waals surface area contributed by atoms with E-state index in [0.29, 0.717) is 17.8 Å². The Hall–Kier alpha value is -2.78. The number of hydrogen-bond donors (Lipinski definition) is 1. The summed E-state index contributed by atoms with van der Waals surface area (Å²) in [5.74, 6) is 3.54. The number of benzene rings is 3. The minimum atomic E-state index is 0.147. The van der Waals surface area contributed by atoms with Crippen molar-refractivity contribution in [3.63, 3.8) is 0 Å². The molecule has 0 saturated heterocycles. The van der Waals surface area contributed by atoms with Gasteiger partial charge in [0.25, 0.3) is 0 Å². The van der Waals surface area contributed by atoms with Crippen LogP contribution in [0.1, 0.15) is 81.5 Å². The first-order valence-corrected chi connectivity index (χ1v) is 11.7. The molecule has 0 aliphatic carbocycles. The third-order valence-electron chi connectivity index (χ3n) is 5.39. The minimum absolute atomic E-state index is 0.147. The van der Waals surface area contributed by atoms with Gasteiger partial charge in [-0.3, -0.25) is 0 Å². The molecule has 0 aliphatic rings. The molecule has 0 heterocycles. The monoisotopic (exact) mass is 450 g/mol. The maximum absolute atomic E-state index is 8.97. The van der Waals surface area contributed by atoms with Gasteiger partial charge in [-0.25, -0.2) is 0 Å². The summed E-state index contributed by atoms with van der Waals surface area (Å²) in [6.07, 6.45) is 0. The molecule has 0 bridgehead atoms. The van der Waals surface area contributed by atoms with Crippen LogP contribution in [0.2, 0.25) is 0 Å². The molecule has 0 spiro atoms. The summed E-state index contributed by atoms with van der Waals surface area (Å²) in [5.41, 5.74) is 4.97. The summed E-state index contributed by atoms with van der Waals surface area (Å²) in [6, 6.07) is 24.4. The predicted octanol–water partition coefficient (Wildman–Crippen LogP) is 7.94. The number of hydrogen-bond acceptors (Lipinski definition) is 3. The molecular weight excluding hydrogens is 408 g/mol. The molecule has 180 valence electrons. The Kier molecular flexibility index (Phi) is 13.0. The van der Waals surface area contributed by atoms with E-state index in [1.165, 1.54) is 16.7 Å². The van der Waals surface area contributed by atoms with Gasteiger partial charge < -0.3 is 14.6 Å². The molecule has 0 aliphatic heterocycles. The van der Waals surface area contributed by atoms with E-state index < -0.39 is 0 Å². The molecule has 3 rings (SSSR count). The molecule has 0 unspecified atom stereocenters. The van der Waals surface area contributed by atoms with Crippen molar-refractivity contribution in [3.05, 3.63) is 95.1 Å². The maximum atomic E-state index is 8.97. The van der Waals surface area contributed by atoms with Gasteiger partial charge in [0.05, 0.1) is 20.8 Å². The quantitative estimate of drug-likeness (QED) is 0.414. The summed E-state index contributed by atoms with van der Waals surface area (Å²) in [4.78, 5) is 0. The van der Waals surface area contributed by atoms with Gasteiger partial charge in [-0.2, -0.15) is 0 Å². The van der Waals surface area contributed by atoms with Crippen LogP contribution in [0.5, 0.6) is 11.5 Å². The van der Waals surface area contributed by atoms with Crippen molar-refractivity contribution in [2.75, 3.05) is 14.2 Å². The van der Waals surface area contributed by atoms with Crippen LogP contribution in [-0.4, -0.2) is 19.3 Å². The first kappa shape index (κ1) is 28.3. The third kappa shape index (κ3) is 10.1. The summed E-state index contributed by atoms with van der Waals surface area (Å²) < 4.78 is 10.2. The molecule has 0 fully saturated rings. The molecule has 0 radical (unpaired) electrons. The van der Waals surface area contributed by atoms with Crippen LogP contribution in [-0.2, 0) is 6.61 Å². The molecule has 0 aromatic heterocycles. The van der Waals surface area contributed by atoms with Gasteiger partial charge in [0.2, 0.25) is 0 Å². The first-order chi connectivity index (χ1) is 15.7. The standard InChI is InChI=1S/3C10H14O/c1-8(2)9-4-6-10(11-3)7-5-9;1-8(2)9-5-4-6-10(7-9)11-3;1-8(2)10-6-4-3-5-9(10)7-11/h2*4-8H,1-3H3;3-6,8,11H,7H2,1-2H3. The maximum Gasteiger partial charge on any atom is 0.119 e. The lowest BCUT2D eigenvalue weighted by Gasteiger charge is -2.09. The fourth-order valence-electron chi connectivity index (χ4n) is 3.23.